The number of rotatable bonds is 6. The summed E-state index contributed by atoms with van der Waals surface area (Å²) in [7, 11) is 0. The van der Waals surface area contributed by atoms with Crippen LogP contribution < -0.4 is 10.1 Å². The number of fused-ring (bicyclic) bond motifs is 1. The summed E-state index contributed by atoms with van der Waals surface area (Å²) in [6.45, 7) is 2.69. The average molecular weight is 302 g/mol. The van der Waals surface area contributed by atoms with Crippen molar-refractivity contribution < 1.29 is 9.84 Å². The lowest BCUT2D eigenvalue weighted by molar-refractivity contribution is 0.00969. The van der Waals surface area contributed by atoms with Gasteiger partial charge < -0.3 is 20.1 Å². The fourth-order valence-corrected chi connectivity index (χ4v) is 3.14. The zero-order valence-corrected chi connectivity index (χ0v) is 13.3. The molecule has 3 N–H and O–H groups in total. The Morgan fingerprint density at radius 3 is 2.91 bits per heavy atom. The number of aliphatic hydroxyl groups is 1. The number of ether oxygens (including phenoxy) is 1. The first kappa shape index (κ1) is 15.4. The molecule has 0 amide bonds. The van der Waals surface area contributed by atoms with Crippen molar-refractivity contribution in [1.82, 2.24) is 10.3 Å². The minimum Gasteiger partial charge on any atom is -0.490 e. The molecule has 0 aliphatic heterocycles. The third kappa shape index (κ3) is 3.81. The van der Waals surface area contributed by atoms with E-state index in [1.807, 2.05) is 37.4 Å². The normalized spacial score (nSPS) is 19.2. The lowest BCUT2D eigenvalue weighted by Crippen LogP contribution is -2.46. The number of aromatic nitrogens is 1. The van der Waals surface area contributed by atoms with Gasteiger partial charge in [0.2, 0.25) is 0 Å². The first-order valence-electron chi connectivity index (χ1n) is 8.29. The van der Waals surface area contributed by atoms with Gasteiger partial charge in [-0.3, -0.25) is 0 Å². The van der Waals surface area contributed by atoms with Gasteiger partial charge >= 0.3 is 0 Å². The maximum Gasteiger partial charge on any atom is 0.128 e. The molecule has 0 bridgehead atoms. The van der Waals surface area contributed by atoms with E-state index in [-0.39, 0.29) is 6.61 Å². The molecule has 22 heavy (non-hydrogen) atoms. The Kier molecular flexibility index (Phi) is 4.69. The monoisotopic (exact) mass is 302 g/mol. The Balaban J connectivity index is 1.54. The first-order chi connectivity index (χ1) is 10.6. The third-order valence-corrected chi connectivity index (χ3v) is 4.47. The smallest absolute Gasteiger partial charge is 0.128 e. The van der Waals surface area contributed by atoms with E-state index in [2.05, 4.69) is 10.3 Å². The molecule has 1 atom stereocenters. The second kappa shape index (κ2) is 6.71. The highest BCUT2D eigenvalue weighted by molar-refractivity contribution is 5.85. The van der Waals surface area contributed by atoms with Crippen LogP contribution in [0, 0.1) is 0 Å². The molecule has 120 valence electrons. The largest absolute Gasteiger partial charge is 0.490 e. The number of hydrogen-bond donors (Lipinski definition) is 3. The summed E-state index contributed by atoms with van der Waals surface area (Å²) < 4.78 is 5.87. The van der Waals surface area contributed by atoms with Crippen LogP contribution in [-0.2, 0) is 0 Å². The summed E-state index contributed by atoms with van der Waals surface area (Å²) in [5.74, 6) is 0.816. The maximum atomic E-state index is 10.5. The number of nitrogens with one attached hydrogen (secondary N) is 2. The summed E-state index contributed by atoms with van der Waals surface area (Å²) in [6.07, 6.45) is 8.29. The van der Waals surface area contributed by atoms with Gasteiger partial charge in [0.1, 0.15) is 18.0 Å². The van der Waals surface area contributed by atoms with E-state index >= 15 is 0 Å². The number of hydrogen-bond acceptors (Lipinski definition) is 3. The molecule has 1 fully saturated rings. The van der Waals surface area contributed by atoms with Crippen molar-refractivity contribution in [1.29, 1.82) is 0 Å². The number of H-pyrrole nitrogens is 1. The molecule has 4 nitrogen and oxygen atoms in total. The van der Waals surface area contributed by atoms with Crippen LogP contribution in [0.15, 0.2) is 30.5 Å². The van der Waals surface area contributed by atoms with Crippen molar-refractivity contribution in [2.45, 2.75) is 50.7 Å². The molecule has 1 saturated carbocycles. The highest BCUT2D eigenvalue weighted by Gasteiger charge is 2.24. The molecule has 1 unspecified atom stereocenters. The molecule has 1 heterocycles. The zero-order chi connectivity index (χ0) is 15.4. The molecular weight excluding hydrogens is 276 g/mol. The first-order valence-corrected chi connectivity index (χ1v) is 8.29. The highest BCUT2D eigenvalue weighted by atomic mass is 16.5. The van der Waals surface area contributed by atoms with Gasteiger partial charge in [0, 0.05) is 29.7 Å². The quantitative estimate of drug-likeness (QED) is 0.768. The second-order valence-corrected chi connectivity index (χ2v) is 6.70. The highest BCUT2D eigenvalue weighted by Crippen LogP contribution is 2.25. The van der Waals surface area contributed by atoms with Gasteiger partial charge in [0.05, 0.1) is 0 Å². The van der Waals surface area contributed by atoms with Gasteiger partial charge in [-0.15, -0.1) is 0 Å². The van der Waals surface area contributed by atoms with Crippen molar-refractivity contribution in [3.63, 3.8) is 0 Å². The second-order valence-electron chi connectivity index (χ2n) is 6.70. The molecule has 1 aliphatic carbocycles. The summed E-state index contributed by atoms with van der Waals surface area (Å²) >= 11 is 0. The van der Waals surface area contributed by atoms with Crippen LogP contribution in [0.4, 0.5) is 0 Å². The average Bonchev–Trinajstić information content (AvgIpc) is 3.01. The molecule has 2 aromatic rings. The summed E-state index contributed by atoms with van der Waals surface area (Å²) in [6, 6.07) is 8.47. The van der Waals surface area contributed by atoms with E-state index in [4.69, 9.17) is 4.74 Å². The van der Waals surface area contributed by atoms with Gasteiger partial charge in [-0.1, -0.05) is 25.3 Å². The molecule has 0 saturated heterocycles. The Labute approximate surface area is 131 Å². The van der Waals surface area contributed by atoms with Crippen LogP contribution in [0.25, 0.3) is 10.9 Å². The molecular formula is C18H26N2O2. The molecule has 1 aromatic heterocycles. The SMILES string of the molecule is CC(O)(CNC1CCCCC1)COc1cccc2[nH]ccc12. The van der Waals surface area contributed by atoms with Crippen LogP contribution in [0.1, 0.15) is 39.0 Å². The predicted octanol–water partition coefficient (Wildman–Crippen LogP) is 3.22. The topological polar surface area (TPSA) is 57.3 Å². The standard InChI is InChI=1S/C18H26N2O2/c1-18(21,12-20-14-6-3-2-4-7-14)13-22-17-9-5-8-16-15(17)10-11-19-16/h5,8-11,14,19-21H,2-4,6-7,12-13H2,1H3. The summed E-state index contributed by atoms with van der Waals surface area (Å²) in [5.41, 5.74) is 0.188. The van der Waals surface area contributed by atoms with Crippen molar-refractivity contribution >= 4 is 10.9 Å². The van der Waals surface area contributed by atoms with Gasteiger partial charge in [-0.2, -0.15) is 0 Å². The molecule has 1 aliphatic rings. The van der Waals surface area contributed by atoms with Gasteiger partial charge in [0.15, 0.2) is 0 Å². The Morgan fingerprint density at radius 2 is 2.09 bits per heavy atom. The van der Waals surface area contributed by atoms with Gasteiger partial charge in [-0.05, 0) is 38.0 Å². The fourth-order valence-electron chi connectivity index (χ4n) is 3.14. The van der Waals surface area contributed by atoms with Crippen LogP contribution in [0.3, 0.4) is 0 Å². The molecule has 4 heteroatoms. The van der Waals surface area contributed by atoms with Crippen LogP contribution in [0.2, 0.25) is 0 Å². The van der Waals surface area contributed by atoms with E-state index in [0.717, 1.165) is 16.7 Å². The van der Waals surface area contributed by atoms with Gasteiger partial charge in [0.25, 0.3) is 0 Å². The summed E-state index contributed by atoms with van der Waals surface area (Å²) in [4.78, 5) is 3.17. The Morgan fingerprint density at radius 1 is 1.27 bits per heavy atom. The lowest BCUT2D eigenvalue weighted by atomic mass is 9.95. The zero-order valence-electron chi connectivity index (χ0n) is 13.3. The molecule has 3 rings (SSSR count). The van der Waals surface area contributed by atoms with Crippen LogP contribution in [0.5, 0.6) is 5.75 Å². The minimum atomic E-state index is -0.865. The Bertz CT molecular complexity index is 600. The van der Waals surface area contributed by atoms with E-state index in [1.165, 1.54) is 32.1 Å². The molecule has 1 aromatic carbocycles. The predicted molar refractivity (Wildman–Crippen MR) is 89.3 cm³/mol. The number of benzene rings is 1. The van der Waals surface area contributed by atoms with Crippen LogP contribution >= 0.6 is 0 Å². The van der Waals surface area contributed by atoms with Crippen molar-refractivity contribution in [3.8, 4) is 5.75 Å². The molecule has 0 spiro atoms. The fraction of sp³-hybridized carbons (Fsp3) is 0.556. The van der Waals surface area contributed by atoms with E-state index in [0.29, 0.717) is 12.6 Å². The number of aromatic amines is 1. The van der Waals surface area contributed by atoms with Crippen molar-refractivity contribution in [3.05, 3.63) is 30.5 Å². The van der Waals surface area contributed by atoms with Crippen LogP contribution in [-0.4, -0.2) is 34.9 Å². The molecule has 0 radical (unpaired) electrons. The minimum absolute atomic E-state index is 0.289. The summed E-state index contributed by atoms with van der Waals surface area (Å²) in [5, 5.41) is 15.1. The van der Waals surface area contributed by atoms with Crippen molar-refractivity contribution in [2.24, 2.45) is 0 Å². The maximum absolute atomic E-state index is 10.5. The van der Waals surface area contributed by atoms with Crippen molar-refractivity contribution in [2.75, 3.05) is 13.2 Å². The van der Waals surface area contributed by atoms with E-state index < -0.39 is 5.60 Å². The Hall–Kier alpha value is -1.52. The third-order valence-electron chi connectivity index (χ3n) is 4.47. The van der Waals surface area contributed by atoms with Gasteiger partial charge in [-0.25, -0.2) is 0 Å². The lowest BCUT2D eigenvalue weighted by Gasteiger charge is -2.29. The van der Waals surface area contributed by atoms with E-state index in [1.54, 1.807) is 0 Å². The van der Waals surface area contributed by atoms with E-state index in [9.17, 15) is 5.11 Å².